The second kappa shape index (κ2) is 4.20. The number of rotatable bonds is 2. The number of anilines is 1. The number of amides is 1. The fourth-order valence-corrected chi connectivity index (χ4v) is 3.67. The Kier molecular flexibility index (Phi) is 2.46. The summed E-state index contributed by atoms with van der Waals surface area (Å²) in [6, 6.07) is 10.2. The number of fused-ring (bicyclic) bond motifs is 2. The maximum absolute atomic E-state index is 11.7. The van der Waals surface area contributed by atoms with Crippen LogP contribution < -0.4 is 10.6 Å². The zero-order chi connectivity index (χ0) is 13.7. The zero-order valence-electron chi connectivity index (χ0n) is 11.2. The van der Waals surface area contributed by atoms with Crippen LogP contribution >= 0.6 is 0 Å². The third kappa shape index (κ3) is 1.60. The van der Waals surface area contributed by atoms with E-state index in [0.29, 0.717) is 11.6 Å². The summed E-state index contributed by atoms with van der Waals surface area (Å²) >= 11 is 0. The van der Waals surface area contributed by atoms with E-state index in [2.05, 4.69) is 4.90 Å². The maximum Gasteiger partial charge on any atom is 0.249 e. The van der Waals surface area contributed by atoms with Crippen LogP contribution in [0.15, 0.2) is 30.3 Å². The van der Waals surface area contributed by atoms with E-state index in [0.717, 1.165) is 29.2 Å². The van der Waals surface area contributed by atoms with Crippen molar-refractivity contribution in [2.75, 3.05) is 11.4 Å². The number of primary amides is 1. The van der Waals surface area contributed by atoms with Crippen molar-refractivity contribution in [3.05, 3.63) is 35.9 Å². The van der Waals surface area contributed by atoms with Gasteiger partial charge in [-0.1, -0.05) is 24.6 Å². The van der Waals surface area contributed by atoms with Crippen molar-refractivity contribution in [2.45, 2.75) is 25.3 Å². The highest BCUT2D eigenvalue weighted by atomic mass is 16.1. The molecule has 0 unspecified atom stereocenters. The van der Waals surface area contributed by atoms with Crippen molar-refractivity contribution in [1.29, 1.82) is 0 Å². The third-order valence-corrected chi connectivity index (χ3v) is 4.71. The lowest BCUT2D eigenvalue weighted by atomic mass is 9.91. The summed E-state index contributed by atoms with van der Waals surface area (Å²) in [5.74, 6) is 1.34. The van der Waals surface area contributed by atoms with Gasteiger partial charge < -0.3 is 10.6 Å². The van der Waals surface area contributed by atoms with Crippen molar-refractivity contribution < 1.29 is 4.79 Å². The molecule has 1 aromatic heterocycles. The Hall–Kier alpha value is -2.10. The summed E-state index contributed by atoms with van der Waals surface area (Å²) < 4.78 is 0. The Morgan fingerprint density at radius 2 is 2.15 bits per heavy atom. The molecule has 4 nitrogen and oxygen atoms in total. The van der Waals surface area contributed by atoms with Crippen molar-refractivity contribution in [3.63, 3.8) is 0 Å². The second-order valence-electron chi connectivity index (χ2n) is 5.82. The minimum atomic E-state index is -0.381. The van der Waals surface area contributed by atoms with Gasteiger partial charge in [-0.3, -0.25) is 4.79 Å². The van der Waals surface area contributed by atoms with Gasteiger partial charge in [0.2, 0.25) is 5.91 Å². The predicted molar refractivity (Wildman–Crippen MR) is 78.7 cm³/mol. The normalized spacial score (nSPS) is 24.5. The van der Waals surface area contributed by atoms with E-state index >= 15 is 0 Å². The molecular formula is C16H17N3O. The summed E-state index contributed by atoms with van der Waals surface area (Å²) in [6.45, 7) is 1.06. The van der Waals surface area contributed by atoms with E-state index in [9.17, 15) is 4.79 Å². The molecule has 4 heteroatoms. The van der Waals surface area contributed by atoms with Gasteiger partial charge in [0.05, 0.1) is 11.1 Å². The summed E-state index contributed by atoms with van der Waals surface area (Å²) in [4.78, 5) is 18.7. The molecule has 0 spiro atoms. The van der Waals surface area contributed by atoms with Crippen LogP contribution in [0.25, 0.3) is 10.9 Å². The molecule has 1 aliphatic heterocycles. The smallest absolute Gasteiger partial charge is 0.249 e. The van der Waals surface area contributed by atoms with Crippen LogP contribution in [0.4, 0.5) is 5.82 Å². The maximum atomic E-state index is 11.7. The van der Waals surface area contributed by atoms with E-state index in [1.165, 1.54) is 19.3 Å². The lowest BCUT2D eigenvalue weighted by Gasteiger charge is -2.45. The Labute approximate surface area is 117 Å². The summed E-state index contributed by atoms with van der Waals surface area (Å²) in [5.41, 5.74) is 6.95. The van der Waals surface area contributed by atoms with Crippen LogP contribution in [0.5, 0.6) is 0 Å². The van der Waals surface area contributed by atoms with E-state index in [4.69, 9.17) is 10.7 Å². The minimum absolute atomic E-state index is 0.381. The standard InChI is InChI=1S/C16H17N3O/c17-16(20)12-8-15(18-13-6-2-1-5-11(12)13)19-9-10-4-3-7-14(10)19/h1-2,5-6,8,10,14H,3-4,7,9H2,(H2,17,20)/t10-,14-/m0/s1. The van der Waals surface area contributed by atoms with Crippen LogP contribution in [0.1, 0.15) is 29.6 Å². The molecule has 1 saturated heterocycles. The van der Waals surface area contributed by atoms with Gasteiger partial charge in [0.1, 0.15) is 5.82 Å². The first kappa shape index (κ1) is 11.7. The Balaban J connectivity index is 1.82. The van der Waals surface area contributed by atoms with Crippen molar-refractivity contribution in [1.82, 2.24) is 4.98 Å². The Morgan fingerprint density at radius 3 is 2.95 bits per heavy atom. The van der Waals surface area contributed by atoms with Crippen LogP contribution in [-0.4, -0.2) is 23.5 Å². The quantitative estimate of drug-likeness (QED) is 0.908. The SMILES string of the molecule is NC(=O)c1cc(N2C[C@@H]3CCC[C@@H]32)nc2ccccc12. The van der Waals surface area contributed by atoms with Gasteiger partial charge in [-0.15, -0.1) is 0 Å². The molecule has 2 heterocycles. The van der Waals surface area contributed by atoms with Gasteiger partial charge in [0, 0.05) is 18.0 Å². The van der Waals surface area contributed by atoms with Crippen molar-refractivity contribution in [3.8, 4) is 0 Å². The molecule has 2 aliphatic rings. The summed E-state index contributed by atoms with van der Waals surface area (Å²) in [5, 5.41) is 0.840. The van der Waals surface area contributed by atoms with E-state index in [-0.39, 0.29) is 5.91 Å². The highest BCUT2D eigenvalue weighted by molar-refractivity contribution is 6.06. The molecule has 1 aliphatic carbocycles. The number of hydrogen-bond acceptors (Lipinski definition) is 3. The molecule has 1 amide bonds. The lowest BCUT2D eigenvalue weighted by Crippen LogP contribution is -2.53. The average Bonchev–Trinajstić information content (AvgIpc) is 2.79. The molecule has 1 saturated carbocycles. The van der Waals surface area contributed by atoms with Crippen LogP contribution in [0, 0.1) is 5.92 Å². The van der Waals surface area contributed by atoms with Gasteiger partial charge in [0.15, 0.2) is 0 Å². The van der Waals surface area contributed by atoms with Gasteiger partial charge in [0.25, 0.3) is 0 Å². The molecule has 2 atom stereocenters. The fraction of sp³-hybridized carbons (Fsp3) is 0.375. The number of para-hydroxylation sites is 1. The zero-order valence-corrected chi connectivity index (χ0v) is 11.2. The van der Waals surface area contributed by atoms with E-state index in [1.54, 1.807) is 0 Å². The summed E-state index contributed by atoms with van der Waals surface area (Å²) in [7, 11) is 0. The molecular weight excluding hydrogens is 250 g/mol. The topological polar surface area (TPSA) is 59.2 Å². The first-order chi connectivity index (χ1) is 9.74. The number of carbonyl (C=O) groups excluding carboxylic acids is 1. The van der Waals surface area contributed by atoms with Crippen molar-refractivity contribution in [2.24, 2.45) is 11.7 Å². The number of pyridine rings is 1. The molecule has 2 aromatic rings. The molecule has 102 valence electrons. The van der Waals surface area contributed by atoms with Gasteiger partial charge in [-0.2, -0.15) is 0 Å². The van der Waals surface area contributed by atoms with E-state index in [1.807, 2.05) is 30.3 Å². The fourth-order valence-electron chi connectivity index (χ4n) is 3.67. The highest BCUT2D eigenvalue weighted by Crippen LogP contribution is 2.41. The molecule has 0 radical (unpaired) electrons. The van der Waals surface area contributed by atoms with E-state index < -0.39 is 0 Å². The van der Waals surface area contributed by atoms with Gasteiger partial charge >= 0.3 is 0 Å². The average molecular weight is 267 g/mol. The monoisotopic (exact) mass is 267 g/mol. The number of nitrogens with zero attached hydrogens (tertiary/aromatic N) is 2. The number of nitrogens with two attached hydrogens (primary N) is 1. The number of benzene rings is 1. The van der Waals surface area contributed by atoms with Gasteiger partial charge in [-0.25, -0.2) is 4.98 Å². The molecule has 2 fully saturated rings. The highest BCUT2D eigenvalue weighted by Gasteiger charge is 2.42. The largest absolute Gasteiger partial charge is 0.366 e. The van der Waals surface area contributed by atoms with Crippen molar-refractivity contribution >= 4 is 22.6 Å². The predicted octanol–water partition coefficient (Wildman–Crippen LogP) is 2.32. The first-order valence-electron chi connectivity index (χ1n) is 7.20. The van der Waals surface area contributed by atoms with Crippen LogP contribution in [0.3, 0.4) is 0 Å². The molecule has 0 bridgehead atoms. The number of carbonyl (C=O) groups is 1. The molecule has 1 aromatic carbocycles. The lowest BCUT2D eigenvalue weighted by molar-refractivity contribution is 0.100. The Bertz CT molecular complexity index is 697. The third-order valence-electron chi connectivity index (χ3n) is 4.71. The van der Waals surface area contributed by atoms with Crippen LogP contribution in [-0.2, 0) is 0 Å². The number of hydrogen-bond donors (Lipinski definition) is 1. The summed E-state index contributed by atoms with van der Waals surface area (Å²) in [6.07, 6.45) is 3.88. The first-order valence-corrected chi connectivity index (χ1v) is 7.20. The molecule has 4 rings (SSSR count). The number of aromatic nitrogens is 1. The molecule has 2 N–H and O–H groups in total. The second-order valence-corrected chi connectivity index (χ2v) is 5.82. The Morgan fingerprint density at radius 1 is 1.30 bits per heavy atom. The molecule has 20 heavy (non-hydrogen) atoms. The minimum Gasteiger partial charge on any atom is -0.366 e. The van der Waals surface area contributed by atoms with Gasteiger partial charge in [-0.05, 0) is 30.9 Å². The van der Waals surface area contributed by atoms with Crippen LogP contribution in [0.2, 0.25) is 0 Å².